The lowest BCUT2D eigenvalue weighted by atomic mass is 9.45. The number of halogens is 1. The lowest BCUT2D eigenvalue weighted by Crippen LogP contribution is -2.58. The molecule has 1 aromatic carbocycles. The van der Waals surface area contributed by atoms with E-state index in [-0.39, 0.29) is 17.9 Å². The third kappa shape index (κ3) is 4.36. The summed E-state index contributed by atoms with van der Waals surface area (Å²) in [5.74, 6) is 2.02. The average Bonchev–Trinajstić information content (AvgIpc) is 2.74. The van der Waals surface area contributed by atoms with E-state index in [4.69, 9.17) is 0 Å². The van der Waals surface area contributed by atoms with E-state index in [1.165, 1.54) is 16.7 Å². The number of hydrogen-bond donors (Lipinski definition) is 1. The Balaban J connectivity index is 1.38. The molecule has 1 N–H and O–H groups in total. The first-order chi connectivity index (χ1) is 14.7. The van der Waals surface area contributed by atoms with Crippen molar-refractivity contribution in [2.75, 3.05) is 5.32 Å². The second-order valence-electron chi connectivity index (χ2n) is 10.1. The Bertz CT molecular complexity index is 1030. The molecular formula is C25H32BrN3O2. The van der Waals surface area contributed by atoms with Gasteiger partial charge in [-0.15, -0.1) is 0 Å². The van der Waals surface area contributed by atoms with Crippen LogP contribution in [0, 0.1) is 30.1 Å². The van der Waals surface area contributed by atoms with Crippen LogP contribution in [0.4, 0.5) is 5.69 Å². The molecule has 3 aliphatic rings. The van der Waals surface area contributed by atoms with Gasteiger partial charge in [-0.25, -0.2) is 4.68 Å². The molecule has 4 atom stereocenters. The van der Waals surface area contributed by atoms with Crippen molar-refractivity contribution in [3.63, 3.8) is 0 Å². The fourth-order valence-electron chi connectivity index (χ4n) is 5.50. The Labute approximate surface area is 192 Å². The predicted octanol–water partition coefficient (Wildman–Crippen LogP) is 5.00. The number of benzene rings is 1. The van der Waals surface area contributed by atoms with Crippen molar-refractivity contribution in [1.82, 2.24) is 9.78 Å². The molecule has 2 bridgehead atoms. The summed E-state index contributed by atoms with van der Waals surface area (Å²) in [5, 5.41) is 7.85. The van der Waals surface area contributed by atoms with Crippen LogP contribution in [0.15, 0.2) is 39.7 Å². The molecule has 3 fully saturated rings. The molecule has 3 aliphatic carbocycles. The highest BCUT2D eigenvalue weighted by molar-refractivity contribution is 9.10. The minimum Gasteiger partial charge on any atom is -0.380 e. The van der Waals surface area contributed by atoms with Crippen LogP contribution in [0.5, 0.6) is 0 Å². The molecule has 5 nitrogen and oxygen atoms in total. The van der Waals surface area contributed by atoms with Crippen molar-refractivity contribution >= 4 is 27.4 Å². The number of Topliss-reactive ketones (excluding diaryl/α,β-unsaturated/α-hetero) is 1. The van der Waals surface area contributed by atoms with Crippen molar-refractivity contribution in [2.24, 2.45) is 23.2 Å². The van der Waals surface area contributed by atoms with Crippen molar-refractivity contribution in [1.29, 1.82) is 0 Å². The average molecular weight is 486 g/mol. The Kier molecular flexibility index (Phi) is 6.12. The molecule has 3 saturated carbocycles. The van der Waals surface area contributed by atoms with Gasteiger partial charge >= 0.3 is 0 Å². The van der Waals surface area contributed by atoms with Gasteiger partial charge in [-0.3, -0.25) is 9.59 Å². The summed E-state index contributed by atoms with van der Waals surface area (Å²) in [6, 6.07) is 8.53. The number of nitrogens with zero attached hydrogens (tertiary/aromatic N) is 2. The Morgan fingerprint density at radius 1 is 1.26 bits per heavy atom. The molecule has 0 amide bonds. The van der Waals surface area contributed by atoms with E-state index in [0.717, 1.165) is 29.5 Å². The van der Waals surface area contributed by atoms with E-state index in [9.17, 15) is 9.59 Å². The van der Waals surface area contributed by atoms with Gasteiger partial charge in [0, 0.05) is 12.5 Å². The smallest absolute Gasteiger partial charge is 0.283 e. The van der Waals surface area contributed by atoms with Gasteiger partial charge in [0.05, 0.1) is 11.9 Å². The fraction of sp³-hybridized carbons (Fsp3) is 0.560. The fourth-order valence-corrected chi connectivity index (χ4v) is 5.92. The molecule has 0 aliphatic heterocycles. The summed E-state index contributed by atoms with van der Waals surface area (Å²) >= 11 is 3.45. The van der Waals surface area contributed by atoms with Crippen LogP contribution < -0.4 is 10.9 Å². The molecule has 166 valence electrons. The van der Waals surface area contributed by atoms with E-state index >= 15 is 0 Å². The quantitative estimate of drug-likeness (QED) is 0.599. The van der Waals surface area contributed by atoms with E-state index < -0.39 is 0 Å². The number of ketones is 1. The van der Waals surface area contributed by atoms with E-state index in [1.54, 1.807) is 6.20 Å². The number of rotatable bonds is 7. The van der Waals surface area contributed by atoms with Crippen molar-refractivity contribution in [3.05, 3.63) is 56.4 Å². The number of aryl methyl sites for hydroxylation is 2. The number of carbonyl (C=O) groups is 1. The maximum absolute atomic E-state index is 12.8. The molecule has 0 unspecified atom stereocenters. The molecule has 2 aromatic rings. The molecule has 1 heterocycles. The molecule has 31 heavy (non-hydrogen) atoms. The Morgan fingerprint density at radius 3 is 2.61 bits per heavy atom. The zero-order valence-corrected chi connectivity index (χ0v) is 20.4. The van der Waals surface area contributed by atoms with Gasteiger partial charge in [0.15, 0.2) is 5.78 Å². The van der Waals surface area contributed by atoms with Gasteiger partial charge in [0.25, 0.3) is 5.56 Å². The number of fused-ring (bicyclic) bond motifs is 2. The highest BCUT2D eigenvalue weighted by atomic mass is 79.9. The van der Waals surface area contributed by atoms with E-state index in [1.807, 2.05) is 31.2 Å². The summed E-state index contributed by atoms with van der Waals surface area (Å²) in [6.45, 7) is 9.12. The maximum atomic E-state index is 12.8. The van der Waals surface area contributed by atoms with Crippen LogP contribution in [-0.4, -0.2) is 21.6 Å². The summed E-state index contributed by atoms with van der Waals surface area (Å²) < 4.78 is 1.72. The molecule has 0 spiro atoms. The summed E-state index contributed by atoms with van der Waals surface area (Å²) in [7, 11) is 0. The van der Waals surface area contributed by atoms with Gasteiger partial charge in [-0.05, 0) is 70.8 Å². The van der Waals surface area contributed by atoms with Gasteiger partial charge in [0.1, 0.15) is 11.0 Å². The molecule has 5 rings (SSSR count). The number of anilines is 1. The van der Waals surface area contributed by atoms with Crippen molar-refractivity contribution in [2.45, 2.75) is 66.0 Å². The molecule has 0 radical (unpaired) electrons. The SMILES string of the molecule is Cc1ccc(CCC(=O)Cn2ncc(N[C@@H]3C[C@@H]4C[C@H]([C@H]3C)C4(C)C)c(Br)c2=O)cc1. The topological polar surface area (TPSA) is 64.0 Å². The van der Waals surface area contributed by atoms with Crippen molar-refractivity contribution < 1.29 is 4.79 Å². The predicted molar refractivity (Wildman–Crippen MR) is 127 cm³/mol. The van der Waals surface area contributed by atoms with Crippen LogP contribution in [0.2, 0.25) is 0 Å². The summed E-state index contributed by atoms with van der Waals surface area (Å²) in [5.41, 5.74) is 3.22. The molecule has 6 heteroatoms. The molecule has 0 saturated heterocycles. The second-order valence-corrected chi connectivity index (χ2v) is 10.9. The van der Waals surface area contributed by atoms with Crippen LogP contribution in [-0.2, 0) is 17.8 Å². The third-order valence-corrected chi connectivity index (χ3v) is 8.59. The first kappa shape index (κ1) is 22.3. The van der Waals surface area contributed by atoms with Crippen LogP contribution in [0.25, 0.3) is 0 Å². The van der Waals surface area contributed by atoms with E-state index in [2.05, 4.69) is 47.1 Å². The first-order valence-corrected chi connectivity index (χ1v) is 12.1. The normalized spacial score (nSPS) is 26.2. The molecule has 1 aromatic heterocycles. The van der Waals surface area contributed by atoms with Gasteiger partial charge < -0.3 is 5.32 Å². The van der Waals surface area contributed by atoms with E-state index in [0.29, 0.717) is 34.7 Å². The summed E-state index contributed by atoms with van der Waals surface area (Å²) in [6.07, 6.45) is 5.19. The third-order valence-electron chi connectivity index (χ3n) is 7.82. The second kappa shape index (κ2) is 8.53. The lowest BCUT2D eigenvalue weighted by Gasteiger charge is -2.62. The van der Waals surface area contributed by atoms with Gasteiger partial charge in [0.2, 0.25) is 0 Å². The minimum absolute atomic E-state index is 0.00173. The Hall–Kier alpha value is -1.95. The summed E-state index contributed by atoms with van der Waals surface area (Å²) in [4.78, 5) is 25.2. The monoisotopic (exact) mass is 485 g/mol. The maximum Gasteiger partial charge on any atom is 0.283 e. The van der Waals surface area contributed by atoms with Crippen molar-refractivity contribution in [3.8, 4) is 0 Å². The Morgan fingerprint density at radius 2 is 1.97 bits per heavy atom. The minimum atomic E-state index is -0.261. The van der Waals surface area contributed by atoms with Gasteiger partial charge in [-0.2, -0.15) is 5.10 Å². The zero-order chi connectivity index (χ0) is 22.3. The van der Waals surface area contributed by atoms with Gasteiger partial charge in [-0.1, -0.05) is 50.6 Å². The lowest BCUT2D eigenvalue weighted by molar-refractivity contribution is -0.119. The first-order valence-electron chi connectivity index (χ1n) is 11.3. The highest BCUT2D eigenvalue weighted by Gasteiger charge is 2.56. The highest BCUT2D eigenvalue weighted by Crippen LogP contribution is 2.61. The zero-order valence-electron chi connectivity index (χ0n) is 18.8. The molecular weight excluding hydrogens is 454 g/mol. The number of hydrogen-bond acceptors (Lipinski definition) is 4. The number of nitrogens with one attached hydrogen (secondary N) is 1. The number of aromatic nitrogens is 2. The standard InChI is InChI=1S/C25H32BrN3O2/c1-15-5-7-17(8-6-15)9-10-19(30)14-29-24(31)23(26)22(13-27-29)28-21-12-18-11-20(16(21)2)25(18,3)4/h5-8,13,16,18,20-21,28H,9-12,14H2,1-4H3/t16-,18+,20-,21-/m1/s1. The van der Waals surface area contributed by atoms with Crippen LogP contribution >= 0.6 is 15.9 Å². The largest absolute Gasteiger partial charge is 0.380 e. The number of carbonyl (C=O) groups excluding carboxylic acids is 1. The van der Waals surface area contributed by atoms with Crippen LogP contribution in [0.1, 0.15) is 51.2 Å². The van der Waals surface area contributed by atoms with Crippen LogP contribution in [0.3, 0.4) is 0 Å².